The Morgan fingerprint density at radius 1 is 0.966 bits per heavy atom. The van der Waals surface area contributed by atoms with E-state index in [0.29, 0.717) is 24.2 Å². The van der Waals surface area contributed by atoms with E-state index in [1.54, 1.807) is 47.4 Å². The van der Waals surface area contributed by atoms with Crippen LogP contribution in [0.1, 0.15) is 28.4 Å². The number of hydrogen-bond acceptors (Lipinski definition) is 5. The fourth-order valence-electron chi connectivity index (χ4n) is 3.89. The summed E-state index contributed by atoms with van der Waals surface area (Å²) < 4.78 is 27.5. The molecule has 0 bridgehead atoms. The van der Waals surface area contributed by atoms with Crippen molar-refractivity contribution >= 4 is 21.8 Å². The van der Waals surface area contributed by atoms with Gasteiger partial charge in [0, 0.05) is 31.7 Å². The van der Waals surface area contributed by atoms with Gasteiger partial charge in [-0.05, 0) is 30.8 Å². The van der Waals surface area contributed by atoms with E-state index in [1.165, 1.54) is 12.1 Å². The van der Waals surface area contributed by atoms with Gasteiger partial charge in [-0.3, -0.25) is 9.59 Å². The highest BCUT2D eigenvalue weighted by Gasteiger charge is 2.45. The summed E-state index contributed by atoms with van der Waals surface area (Å²) in [6.45, 7) is 2.75. The number of amides is 2. The van der Waals surface area contributed by atoms with Gasteiger partial charge < -0.3 is 9.80 Å². The third-order valence-electron chi connectivity index (χ3n) is 5.56. The largest absolute Gasteiger partial charge is 0.340 e. The average Bonchev–Trinajstić information content (AvgIpc) is 3.01. The van der Waals surface area contributed by atoms with Gasteiger partial charge >= 0.3 is 0 Å². The first kappa shape index (κ1) is 19.6. The van der Waals surface area contributed by atoms with Crippen molar-refractivity contribution in [3.63, 3.8) is 0 Å². The molecule has 7 nitrogen and oxygen atoms in total. The molecule has 0 aliphatic carbocycles. The van der Waals surface area contributed by atoms with Crippen molar-refractivity contribution in [2.75, 3.05) is 33.2 Å². The molecule has 2 aliphatic heterocycles. The summed E-state index contributed by atoms with van der Waals surface area (Å²) >= 11 is 0. The maximum absolute atomic E-state index is 13.3. The zero-order chi connectivity index (χ0) is 20.6. The molecule has 0 saturated carbocycles. The molecular weight excluding hydrogens is 390 g/mol. The Kier molecular flexibility index (Phi) is 5.14. The van der Waals surface area contributed by atoms with E-state index in [9.17, 15) is 18.0 Å². The fraction of sp³-hybridized carbons (Fsp3) is 0.333. The van der Waals surface area contributed by atoms with E-state index in [4.69, 9.17) is 0 Å². The van der Waals surface area contributed by atoms with Crippen LogP contribution < -0.4 is 0 Å². The van der Waals surface area contributed by atoms with Crippen molar-refractivity contribution in [3.8, 4) is 0 Å². The van der Waals surface area contributed by atoms with Crippen LogP contribution in [0.15, 0.2) is 59.5 Å². The number of piperazine rings is 1. The topological polar surface area (TPSA) is 78.0 Å². The van der Waals surface area contributed by atoms with Crippen LogP contribution in [0, 0.1) is 0 Å². The predicted octanol–water partition coefficient (Wildman–Crippen LogP) is 1.74. The molecule has 1 fully saturated rings. The second kappa shape index (κ2) is 7.61. The number of sulfonamides is 1. The average molecular weight is 413 g/mol. The van der Waals surface area contributed by atoms with Crippen LogP contribution in [0.2, 0.25) is 0 Å². The Balaban J connectivity index is 1.69. The molecule has 8 heteroatoms. The molecular formula is C21H23N3O4S. The molecule has 2 aliphatic rings. The molecule has 2 aromatic rings. The van der Waals surface area contributed by atoms with E-state index in [0.717, 1.165) is 17.4 Å². The number of carbonyl (C=O) groups excluding carboxylic acids is 2. The van der Waals surface area contributed by atoms with Crippen molar-refractivity contribution in [2.24, 2.45) is 0 Å². The van der Waals surface area contributed by atoms with Gasteiger partial charge in [0.05, 0.1) is 17.4 Å². The summed E-state index contributed by atoms with van der Waals surface area (Å²) in [6.07, 6.45) is -0.0570. The van der Waals surface area contributed by atoms with Crippen molar-refractivity contribution in [1.82, 2.24) is 14.1 Å². The summed E-state index contributed by atoms with van der Waals surface area (Å²) in [5.41, 5.74) is 0.919. The molecule has 0 N–H and O–H groups in total. The van der Waals surface area contributed by atoms with Gasteiger partial charge in [0.2, 0.25) is 5.91 Å². The van der Waals surface area contributed by atoms with Gasteiger partial charge in [-0.2, -0.15) is 0 Å². The third-order valence-corrected chi connectivity index (χ3v) is 7.36. The highest BCUT2D eigenvalue weighted by Crippen LogP contribution is 2.40. The van der Waals surface area contributed by atoms with E-state index < -0.39 is 22.0 Å². The molecule has 2 amide bonds. The van der Waals surface area contributed by atoms with Gasteiger partial charge in [0.1, 0.15) is 0 Å². The lowest BCUT2D eigenvalue weighted by molar-refractivity contribution is -0.133. The molecule has 1 unspecified atom stereocenters. The molecule has 1 atom stereocenters. The first-order valence-electron chi connectivity index (χ1n) is 9.58. The number of benzene rings is 2. The summed E-state index contributed by atoms with van der Waals surface area (Å²) in [7, 11) is -2.08. The predicted molar refractivity (Wildman–Crippen MR) is 108 cm³/mol. The van der Waals surface area contributed by atoms with Crippen LogP contribution in [0.5, 0.6) is 0 Å². The van der Waals surface area contributed by atoms with Gasteiger partial charge in [0.15, 0.2) is 0 Å². The minimum absolute atomic E-state index is 0.0400. The molecule has 29 heavy (non-hydrogen) atoms. The minimum Gasteiger partial charge on any atom is -0.340 e. The number of fused-ring (bicyclic) bond motifs is 1. The maximum atomic E-state index is 13.3. The third kappa shape index (κ3) is 3.54. The Morgan fingerprint density at radius 3 is 2.28 bits per heavy atom. The molecule has 1 saturated heterocycles. The van der Waals surface area contributed by atoms with Crippen LogP contribution in [-0.2, 0) is 14.8 Å². The first-order chi connectivity index (χ1) is 13.9. The highest BCUT2D eigenvalue weighted by molar-refractivity contribution is 7.89. The number of carbonyl (C=O) groups is 2. The molecule has 152 valence electrons. The molecule has 0 aromatic heterocycles. The van der Waals surface area contributed by atoms with Crippen LogP contribution in [0.3, 0.4) is 0 Å². The lowest BCUT2D eigenvalue weighted by atomic mass is 10.0. The van der Waals surface area contributed by atoms with Gasteiger partial charge in [-0.15, -0.1) is 0 Å². The Morgan fingerprint density at radius 2 is 1.59 bits per heavy atom. The SMILES string of the molecule is CN1CCN(C(=O)CC2c3ccccc3C(=O)N2S(=O)(=O)c2ccccc2)CC1. The minimum atomic E-state index is -4.09. The van der Waals surface area contributed by atoms with E-state index in [2.05, 4.69) is 4.90 Å². The van der Waals surface area contributed by atoms with E-state index in [1.807, 2.05) is 7.05 Å². The second-order valence-corrected chi connectivity index (χ2v) is 9.23. The highest BCUT2D eigenvalue weighted by atomic mass is 32.2. The van der Waals surface area contributed by atoms with E-state index in [-0.39, 0.29) is 17.2 Å². The lowest BCUT2D eigenvalue weighted by Gasteiger charge is -2.34. The molecule has 0 spiro atoms. The van der Waals surface area contributed by atoms with Crippen LogP contribution in [0.25, 0.3) is 0 Å². The Labute approximate surface area is 170 Å². The Hall–Kier alpha value is -2.71. The summed E-state index contributed by atoms with van der Waals surface area (Å²) in [4.78, 5) is 29.9. The number of likely N-dealkylation sites (N-methyl/N-ethyl adjacent to an activating group) is 1. The van der Waals surface area contributed by atoms with Gasteiger partial charge in [-0.1, -0.05) is 36.4 Å². The van der Waals surface area contributed by atoms with Crippen molar-refractivity contribution in [1.29, 1.82) is 0 Å². The molecule has 0 radical (unpaired) electrons. The van der Waals surface area contributed by atoms with Gasteiger partial charge in [0.25, 0.3) is 15.9 Å². The summed E-state index contributed by atoms with van der Waals surface area (Å²) in [6, 6.07) is 13.9. The maximum Gasteiger partial charge on any atom is 0.268 e. The molecule has 2 aromatic carbocycles. The monoisotopic (exact) mass is 413 g/mol. The van der Waals surface area contributed by atoms with Crippen molar-refractivity contribution < 1.29 is 18.0 Å². The number of nitrogens with zero attached hydrogens (tertiary/aromatic N) is 3. The smallest absolute Gasteiger partial charge is 0.268 e. The normalized spacial score (nSPS) is 20.0. The lowest BCUT2D eigenvalue weighted by Crippen LogP contribution is -2.48. The zero-order valence-corrected chi connectivity index (χ0v) is 17.0. The van der Waals surface area contributed by atoms with Crippen LogP contribution >= 0.6 is 0 Å². The molecule has 2 heterocycles. The quantitative estimate of drug-likeness (QED) is 0.763. The Bertz CT molecular complexity index is 1030. The van der Waals surface area contributed by atoms with Crippen LogP contribution in [0.4, 0.5) is 0 Å². The second-order valence-electron chi connectivity index (χ2n) is 7.41. The summed E-state index contributed by atoms with van der Waals surface area (Å²) in [5, 5.41) is 0. The zero-order valence-electron chi connectivity index (χ0n) is 16.2. The first-order valence-corrected chi connectivity index (χ1v) is 11.0. The standard InChI is InChI=1S/C21H23N3O4S/c1-22-11-13-23(14-12-22)20(25)15-19-17-9-5-6-10-18(17)21(26)24(19)29(27,28)16-7-3-2-4-8-16/h2-10,19H,11-15H2,1H3. The fourth-order valence-corrected chi connectivity index (χ4v) is 5.46. The van der Waals surface area contributed by atoms with Crippen molar-refractivity contribution in [2.45, 2.75) is 17.4 Å². The van der Waals surface area contributed by atoms with Crippen LogP contribution in [-0.4, -0.2) is 67.6 Å². The van der Waals surface area contributed by atoms with E-state index >= 15 is 0 Å². The number of hydrogen-bond donors (Lipinski definition) is 0. The van der Waals surface area contributed by atoms with Crippen molar-refractivity contribution in [3.05, 3.63) is 65.7 Å². The van der Waals surface area contributed by atoms with Gasteiger partial charge in [-0.25, -0.2) is 12.7 Å². The summed E-state index contributed by atoms with van der Waals surface area (Å²) in [5.74, 6) is -0.721. The molecule has 4 rings (SSSR count). The number of rotatable bonds is 4.